The van der Waals surface area contributed by atoms with E-state index in [1.54, 1.807) is 6.07 Å². The van der Waals surface area contributed by atoms with E-state index in [0.717, 1.165) is 10.9 Å². The molecular formula is C12H11F2NO. The van der Waals surface area contributed by atoms with E-state index < -0.39 is 12.5 Å². The summed E-state index contributed by atoms with van der Waals surface area (Å²) in [5.74, 6) is 0. The van der Waals surface area contributed by atoms with Gasteiger partial charge < -0.3 is 5.11 Å². The number of aromatic nitrogens is 1. The average Bonchev–Trinajstić information content (AvgIpc) is 2.28. The molecule has 84 valence electrons. The Bertz CT molecular complexity index is 487. The van der Waals surface area contributed by atoms with Crippen molar-refractivity contribution >= 4 is 10.9 Å². The molecule has 0 saturated carbocycles. The maximum Gasteiger partial charge on any atom is 0.264 e. The normalized spacial score (nSPS) is 13.2. The van der Waals surface area contributed by atoms with Crippen molar-refractivity contribution in [2.24, 2.45) is 0 Å². The van der Waals surface area contributed by atoms with Gasteiger partial charge in [0.15, 0.2) is 0 Å². The van der Waals surface area contributed by atoms with Crippen LogP contribution in [-0.4, -0.2) is 22.6 Å². The lowest BCUT2D eigenvalue weighted by Gasteiger charge is -2.08. The zero-order valence-electron chi connectivity index (χ0n) is 8.48. The third-order valence-electron chi connectivity index (χ3n) is 2.37. The molecule has 0 amide bonds. The van der Waals surface area contributed by atoms with Crippen LogP contribution < -0.4 is 0 Å². The van der Waals surface area contributed by atoms with Crippen LogP contribution in [0.25, 0.3) is 10.9 Å². The van der Waals surface area contributed by atoms with Gasteiger partial charge in [-0.05, 0) is 12.1 Å². The minimum Gasteiger partial charge on any atom is -0.387 e. The number of fused-ring (bicyclic) bond motifs is 1. The summed E-state index contributed by atoms with van der Waals surface area (Å²) in [6.45, 7) is 0. The van der Waals surface area contributed by atoms with Crippen LogP contribution in [0.4, 0.5) is 8.78 Å². The quantitative estimate of drug-likeness (QED) is 0.866. The molecule has 0 bridgehead atoms. The number of rotatable bonds is 3. The third-order valence-corrected chi connectivity index (χ3v) is 2.37. The fraction of sp³-hybridized carbons (Fsp3) is 0.250. The first-order chi connectivity index (χ1) is 7.66. The molecule has 2 rings (SSSR count). The van der Waals surface area contributed by atoms with Gasteiger partial charge in [0, 0.05) is 17.5 Å². The van der Waals surface area contributed by atoms with Crippen LogP contribution in [0, 0.1) is 0 Å². The number of para-hydroxylation sites is 1. The van der Waals surface area contributed by atoms with Crippen LogP contribution in [0.3, 0.4) is 0 Å². The fourth-order valence-electron chi connectivity index (χ4n) is 1.53. The molecule has 1 aromatic heterocycles. The van der Waals surface area contributed by atoms with Gasteiger partial charge in [0.1, 0.15) is 6.10 Å². The summed E-state index contributed by atoms with van der Waals surface area (Å²) < 4.78 is 24.3. The number of hydrogen-bond acceptors (Lipinski definition) is 2. The van der Waals surface area contributed by atoms with Crippen LogP contribution >= 0.6 is 0 Å². The van der Waals surface area contributed by atoms with E-state index in [0.29, 0.717) is 5.69 Å². The molecule has 4 heteroatoms. The Morgan fingerprint density at radius 2 is 1.88 bits per heavy atom. The van der Waals surface area contributed by atoms with Crippen molar-refractivity contribution in [3.05, 3.63) is 42.1 Å². The molecule has 0 fully saturated rings. The third kappa shape index (κ3) is 2.33. The van der Waals surface area contributed by atoms with Gasteiger partial charge in [0.2, 0.25) is 0 Å². The maximum atomic E-state index is 12.2. The SMILES string of the molecule is OC(Cc1ccc2ccccc2n1)C(F)F. The van der Waals surface area contributed by atoms with E-state index in [2.05, 4.69) is 4.98 Å². The Hall–Kier alpha value is -1.55. The first-order valence-electron chi connectivity index (χ1n) is 4.98. The molecule has 0 aliphatic rings. The van der Waals surface area contributed by atoms with Gasteiger partial charge in [0.05, 0.1) is 5.52 Å². The van der Waals surface area contributed by atoms with Crippen LogP contribution in [0.15, 0.2) is 36.4 Å². The standard InChI is InChI=1S/C12H11F2NO/c13-12(14)11(16)7-9-6-5-8-3-1-2-4-10(8)15-9/h1-6,11-12,16H,7H2. The van der Waals surface area contributed by atoms with Gasteiger partial charge in [-0.3, -0.25) is 4.98 Å². The minimum absolute atomic E-state index is 0.123. The van der Waals surface area contributed by atoms with Crippen molar-refractivity contribution in [1.29, 1.82) is 0 Å². The van der Waals surface area contributed by atoms with Gasteiger partial charge in [-0.2, -0.15) is 0 Å². The molecule has 2 aromatic rings. The molecule has 1 N–H and O–H groups in total. The van der Waals surface area contributed by atoms with Gasteiger partial charge in [-0.1, -0.05) is 24.3 Å². The van der Waals surface area contributed by atoms with Gasteiger partial charge >= 0.3 is 0 Å². The van der Waals surface area contributed by atoms with Crippen molar-refractivity contribution < 1.29 is 13.9 Å². The van der Waals surface area contributed by atoms with Gasteiger partial charge in [-0.25, -0.2) is 8.78 Å². The Morgan fingerprint density at radius 1 is 1.12 bits per heavy atom. The molecule has 0 radical (unpaired) electrons. The van der Waals surface area contributed by atoms with Gasteiger partial charge in [-0.15, -0.1) is 0 Å². The zero-order chi connectivity index (χ0) is 11.5. The second-order valence-corrected chi connectivity index (χ2v) is 3.60. The number of aliphatic hydroxyl groups is 1. The smallest absolute Gasteiger partial charge is 0.264 e. The summed E-state index contributed by atoms with van der Waals surface area (Å²) in [4.78, 5) is 4.20. The topological polar surface area (TPSA) is 33.1 Å². The molecule has 1 atom stereocenters. The number of benzene rings is 1. The Kier molecular flexibility index (Phi) is 3.10. The number of hydrogen-bond donors (Lipinski definition) is 1. The van der Waals surface area contributed by atoms with Crippen molar-refractivity contribution in [3.8, 4) is 0 Å². The molecule has 0 saturated heterocycles. The highest BCUT2D eigenvalue weighted by molar-refractivity contribution is 5.78. The van der Waals surface area contributed by atoms with Crippen molar-refractivity contribution in [1.82, 2.24) is 4.98 Å². The van der Waals surface area contributed by atoms with Crippen molar-refractivity contribution in [2.45, 2.75) is 19.0 Å². The lowest BCUT2D eigenvalue weighted by Crippen LogP contribution is -2.20. The monoisotopic (exact) mass is 223 g/mol. The van der Waals surface area contributed by atoms with E-state index in [1.165, 1.54) is 0 Å². The highest BCUT2D eigenvalue weighted by atomic mass is 19.3. The van der Waals surface area contributed by atoms with E-state index in [-0.39, 0.29) is 6.42 Å². The van der Waals surface area contributed by atoms with Crippen molar-refractivity contribution in [3.63, 3.8) is 0 Å². The summed E-state index contributed by atoms with van der Waals surface area (Å²) >= 11 is 0. The molecule has 1 heterocycles. The minimum atomic E-state index is -2.73. The molecule has 1 aromatic carbocycles. The lowest BCUT2D eigenvalue weighted by molar-refractivity contribution is -0.00412. The zero-order valence-corrected chi connectivity index (χ0v) is 8.48. The number of nitrogens with zero attached hydrogens (tertiary/aromatic N) is 1. The summed E-state index contributed by atoms with van der Waals surface area (Å²) in [5, 5.41) is 10.0. The second-order valence-electron chi connectivity index (χ2n) is 3.60. The molecular weight excluding hydrogens is 212 g/mol. The summed E-state index contributed by atoms with van der Waals surface area (Å²) in [7, 11) is 0. The summed E-state index contributed by atoms with van der Waals surface area (Å²) in [5.41, 5.74) is 1.23. The van der Waals surface area contributed by atoms with E-state index in [1.807, 2.05) is 30.3 Å². The van der Waals surface area contributed by atoms with E-state index in [4.69, 9.17) is 5.11 Å². The maximum absolute atomic E-state index is 12.2. The fourth-order valence-corrected chi connectivity index (χ4v) is 1.53. The molecule has 2 nitrogen and oxygen atoms in total. The van der Waals surface area contributed by atoms with Crippen LogP contribution in [0.5, 0.6) is 0 Å². The number of aliphatic hydroxyl groups excluding tert-OH is 1. The largest absolute Gasteiger partial charge is 0.387 e. The van der Waals surface area contributed by atoms with Crippen LogP contribution in [-0.2, 0) is 6.42 Å². The van der Waals surface area contributed by atoms with Crippen molar-refractivity contribution in [2.75, 3.05) is 0 Å². The highest BCUT2D eigenvalue weighted by Gasteiger charge is 2.17. The second kappa shape index (κ2) is 4.53. The van der Waals surface area contributed by atoms with Gasteiger partial charge in [0.25, 0.3) is 6.43 Å². The van der Waals surface area contributed by atoms with E-state index >= 15 is 0 Å². The first kappa shape index (κ1) is 11.0. The number of alkyl halides is 2. The number of pyridine rings is 1. The molecule has 16 heavy (non-hydrogen) atoms. The summed E-state index contributed by atoms with van der Waals surface area (Å²) in [6, 6.07) is 10.9. The molecule has 0 aliphatic heterocycles. The Labute approximate surface area is 91.6 Å². The predicted molar refractivity (Wildman–Crippen MR) is 57.5 cm³/mol. The Balaban J connectivity index is 2.26. The summed E-state index contributed by atoms with van der Waals surface area (Å²) in [6.07, 6.45) is -4.50. The average molecular weight is 223 g/mol. The Morgan fingerprint density at radius 3 is 2.62 bits per heavy atom. The molecule has 0 aliphatic carbocycles. The molecule has 1 unspecified atom stereocenters. The van der Waals surface area contributed by atoms with Crippen LogP contribution in [0.2, 0.25) is 0 Å². The number of halogens is 2. The van der Waals surface area contributed by atoms with E-state index in [9.17, 15) is 8.78 Å². The lowest BCUT2D eigenvalue weighted by atomic mass is 10.1. The first-order valence-corrected chi connectivity index (χ1v) is 4.98. The highest BCUT2D eigenvalue weighted by Crippen LogP contribution is 2.14. The molecule has 0 spiro atoms. The predicted octanol–water partition coefficient (Wildman–Crippen LogP) is 2.40. The van der Waals surface area contributed by atoms with Crippen LogP contribution in [0.1, 0.15) is 5.69 Å².